The van der Waals surface area contributed by atoms with Crippen molar-refractivity contribution in [2.75, 3.05) is 13.1 Å². The van der Waals surface area contributed by atoms with E-state index in [-0.39, 0.29) is 12.4 Å². The molecule has 1 aliphatic rings. The summed E-state index contributed by atoms with van der Waals surface area (Å²) in [7, 11) is 0. The first kappa shape index (κ1) is 16.9. The molecule has 0 amide bonds. The fourth-order valence-corrected chi connectivity index (χ4v) is 2.99. The van der Waals surface area contributed by atoms with Crippen molar-refractivity contribution in [2.24, 2.45) is 11.7 Å². The van der Waals surface area contributed by atoms with E-state index in [1.54, 1.807) is 0 Å². The lowest BCUT2D eigenvalue weighted by Crippen LogP contribution is -2.27. The Bertz CT molecular complexity index is 575. The van der Waals surface area contributed by atoms with Gasteiger partial charge in [-0.05, 0) is 31.4 Å². The van der Waals surface area contributed by atoms with Crippen LogP contribution in [0.2, 0.25) is 0 Å². The van der Waals surface area contributed by atoms with Gasteiger partial charge in [0.1, 0.15) is 0 Å². The van der Waals surface area contributed by atoms with Crippen LogP contribution in [-0.2, 0) is 13.0 Å². The zero-order valence-corrected chi connectivity index (χ0v) is 13.6. The fraction of sp³-hybridized carbons (Fsp3) is 0.500. The van der Waals surface area contributed by atoms with Gasteiger partial charge < -0.3 is 10.3 Å². The van der Waals surface area contributed by atoms with Crippen LogP contribution in [0.15, 0.2) is 34.9 Å². The molecule has 1 saturated heterocycles. The van der Waals surface area contributed by atoms with Gasteiger partial charge in [-0.2, -0.15) is 4.98 Å². The Morgan fingerprint density at radius 1 is 1.32 bits per heavy atom. The summed E-state index contributed by atoms with van der Waals surface area (Å²) in [6.45, 7) is 4.73. The molecule has 2 atom stereocenters. The summed E-state index contributed by atoms with van der Waals surface area (Å²) in [6.07, 6.45) is 1.87. The fourth-order valence-electron chi connectivity index (χ4n) is 2.99. The van der Waals surface area contributed by atoms with Gasteiger partial charge in [0, 0.05) is 19.0 Å². The number of halogens is 1. The van der Waals surface area contributed by atoms with Gasteiger partial charge in [0.25, 0.3) is 0 Å². The minimum absolute atomic E-state index is 0. The first-order chi connectivity index (χ1) is 10.2. The smallest absolute Gasteiger partial charge is 0.240 e. The lowest BCUT2D eigenvalue weighted by Gasteiger charge is -2.18. The van der Waals surface area contributed by atoms with E-state index in [0.717, 1.165) is 31.9 Å². The largest absolute Gasteiger partial charge is 0.338 e. The molecule has 1 fully saturated rings. The number of nitrogens with zero attached hydrogens (tertiary/aromatic N) is 3. The number of benzene rings is 1. The van der Waals surface area contributed by atoms with Crippen LogP contribution in [0.3, 0.4) is 0 Å². The molecule has 2 heterocycles. The number of nitrogens with two attached hydrogens (primary N) is 1. The Kier molecular flexibility index (Phi) is 5.94. The molecular weight excluding hydrogens is 300 g/mol. The third-order valence-corrected chi connectivity index (χ3v) is 4.18. The average molecular weight is 323 g/mol. The van der Waals surface area contributed by atoms with Gasteiger partial charge in [-0.1, -0.05) is 35.5 Å². The van der Waals surface area contributed by atoms with Crippen molar-refractivity contribution in [1.82, 2.24) is 15.0 Å². The Morgan fingerprint density at radius 2 is 2.09 bits per heavy atom. The molecule has 6 heteroatoms. The second kappa shape index (κ2) is 7.72. The molecule has 1 aliphatic heterocycles. The highest BCUT2D eigenvalue weighted by Crippen LogP contribution is 2.23. The predicted molar refractivity (Wildman–Crippen MR) is 87.8 cm³/mol. The third-order valence-electron chi connectivity index (χ3n) is 4.18. The van der Waals surface area contributed by atoms with Gasteiger partial charge >= 0.3 is 0 Å². The van der Waals surface area contributed by atoms with Crippen molar-refractivity contribution in [2.45, 2.75) is 32.4 Å². The Hall–Kier alpha value is -1.43. The van der Waals surface area contributed by atoms with E-state index in [4.69, 9.17) is 10.3 Å². The van der Waals surface area contributed by atoms with E-state index in [1.165, 1.54) is 5.56 Å². The van der Waals surface area contributed by atoms with Gasteiger partial charge in [-0.3, -0.25) is 4.90 Å². The van der Waals surface area contributed by atoms with Crippen LogP contribution in [-0.4, -0.2) is 34.2 Å². The molecule has 2 N–H and O–H groups in total. The number of aromatic nitrogens is 2. The highest BCUT2D eigenvalue weighted by molar-refractivity contribution is 5.85. The number of rotatable bonds is 5. The Morgan fingerprint density at radius 3 is 2.77 bits per heavy atom. The SMILES string of the molecule is CC1CC(CN)CN1Cc1nc(Cc2ccccc2)no1.Cl. The van der Waals surface area contributed by atoms with E-state index in [2.05, 4.69) is 34.1 Å². The number of hydrogen-bond donors (Lipinski definition) is 1. The Balaban J connectivity index is 0.00000176. The van der Waals surface area contributed by atoms with Crippen LogP contribution in [0, 0.1) is 5.92 Å². The van der Waals surface area contributed by atoms with Crippen molar-refractivity contribution >= 4 is 12.4 Å². The number of hydrogen-bond acceptors (Lipinski definition) is 5. The lowest BCUT2D eigenvalue weighted by molar-refractivity contribution is 0.218. The average Bonchev–Trinajstić information content (AvgIpc) is 3.08. The predicted octanol–water partition coefficient (Wildman–Crippen LogP) is 2.25. The van der Waals surface area contributed by atoms with Crippen LogP contribution < -0.4 is 5.73 Å². The van der Waals surface area contributed by atoms with Crippen molar-refractivity contribution in [3.8, 4) is 0 Å². The van der Waals surface area contributed by atoms with E-state index < -0.39 is 0 Å². The second-order valence-electron chi connectivity index (χ2n) is 5.88. The van der Waals surface area contributed by atoms with Crippen molar-refractivity contribution in [3.63, 3.8) is 0 Å². The normalized spacial score (nSPS) is 21.7. The molecule has 0 saturated carbocycles. The first-order valence-corrected chi connectivity index (χ1v) is 7.54. The molecule has 120 valence electrons. The number of likely N-dealkylation sites (tertiary alicyclic amines) is 1. The van der Waals surface area contributed by atoms with Crippen LogP contribution in [0.25, 0.3) is 0 Å². The topological polar surface area (TPSA) is 68.2 Å². The standard InChI is InChI=1S/C16H22N4O.ClH/c1-12-7-14(9-17)10-20(12)11-16-18-15(19-21-16)8-13-5-3-2-4-6-13;/h2-6,12,14H,7-11,17H2,1H3;1H. The van der Waals surface area contributed by atoms with Gasteiger partial charge in [-0.25, -0.2) is 0 Å². The molecule has 2 aromatic rings. The highest BCUT2D eigenvalue weighted by Gasteiger charge is 2.29. The first-order valence-electron chi connectivity index (χ1n) is 7.54. The zero-order chi connectivity index (χ0) is 14.7. The molecular formula is C16H23ClN4O. The van der Waals surface area contributed by atoms with Crippen LogP contribution >= 0.6 is 12.4 Å². The molecule has 5 nitrogen and oxygen atoms in total. The van der Waals surface area contributed by atoms with E-state index >= 15 is 0 Å². The molecule has 1 aromatic heterocycles. The maximum Gasteiger partial charge on any atom is 0.240 e. The lowest BCUT2D eigenvalue weighted by atomic mass is 10.1. The molecule has 0 aliphatic carbocycles. The summed E-state index contributed by atoms with van der Waals surface area (Å²) >= 11 is 0. The molecule has 3 rings (SSSR count). The van der Waals surface area contributed by atoms with Crippen LogP contribution in [0.5, 0.6) is 0 Å². The molecule has 0 bridgehead atoms. The molecule has 1 aromatic carbocycles. The summed E-state index contributed by atoms with van der Waals surface area (Å²) in [4.78, 5) is 6.88. The quantitative estimate of drug-likeness (QED) is 0.914. The van der Waals surface area contributed by atoms with Crippen LogP contribution in [0.1, 0.15) is 30.6 Å². The highest BCUT2D eigenvalue weighted by atomic mass is 35.5. The van der Waals surface area contributed by atoms with Gasteiger partial charge in [0.05, 0.1) is 6.54 Å². The van der Waals surface area contributed by atoms with Crippen molar-refractivity contribution < 1.29 is 4.52 Å². The van der Waals surface area contributed by atoms with Gasteiger partial charge in [0.2, 0.25) is 5.89 Å². The molecule has 0 radical (unpaired) electrons. The molecule has 0 spiro atoms. The maximum atomic E-state index is 5.76. The molecule has 22 heavy (non-hydrogen) atoms. The minimum atomic E-state index is 0. The minimum Gasteiger partial charge on any atom is -0.338 e. The molecule has 2 unspecified atom stereocenters. The summed E-state index contributed by atoms with van der Waals surface area (Å²) in [5, 5.41) is 4.08. The maximum absolute atomic E-state index is 5.76. The Labute approximate surface area is 137 Å². The van der Waals surface area contributed by atoms with Gasteiger partial charge in [-0.15, -0.1) is 12.4 Å². The monoisotopic (exact) mass is 322 g/mol. The summed E-state index contributed by atoms with van der Waals surface area (Å²) in [5.41, 5.74) is 6.96. The van der Waals surface area contributed by atoms with Crippen molar-refractivity contribution in [1.29, 1.82) is 0 Å². The summed E-state index contributed by atoms with van der Waals surface area (Å²) in [5.74, 6) is 2.04. The summed E-state index contributed by atoms with van der Waals surface area (Å²) in [6, 6.07) is 10.7. The van der Waals surface area contributed by atoms with E-state index in [0.29, 0.717) is 24.3 Å². The van der Waals surface area contributed by atoms with E-state index in [9.17, 15) is 0 Å². The van der Waals surface area contributed by atoms with Crippen molar-refractivity contribution in [3.05, 3.63) is 47.6 Å². The third kappa shape index (κ3) is 4.06. The zero-order valence-electron chi connectivity index (χ0n) is 12.8. The van der Waals surface area contributed by atoms with Crippen LogP contribution in [0.4, 0.5) is 0 Å². The van der Waals surface area contributed by atoms with Gasteiger partial charge in [0.15, 0.2) is 5.82 Å². The second-order valence-corrected chi connectivity index (χ2v) is 5.88. The summed E-state index contributed by atoms with van der Waals surface area (Å²) < 4.78 is 5.38. The van der Waals surface area contributed by atoms with E-state index in [1.807, 2.05) is 18.2 Å².